The van der Waals surface area contributed by atoms with Gasteiger partial charge in [0.1, 0.15) is 24.6 Å². The van der Waals surface area contributed by atoms with Crippen LogP contribution in [0.5, 0.6) is 0 Å². The van der Waals surface area contributed by atoms with Gasteiger partial charge in [-0.2, -0.15) is 0 Å². The first-order chi connectivity index (χ1) is 7.93. The molecule has 2 aliphatic heterocycles. The number of nitrogens with zero attached hydrogens (tertiary/aromatic N) is 3. The van der Waals surface area contributed by atoms with Gasteiger partial charge in [-0.15, -0.1) is 0 Å². The molecular weight excluding hydrogens is 208 g/mol. The Balaban J connectivity index is 1.93. The van der Waals surface area contributed by atoms with Crippen molar-refractivity contribution in [1.82, 2.24) is 4.98 Å². The van der Waals surface area contributed by atoms with Gasteiger partial charge in [-0.05, 0) is 12.1 Å². The average molecular weight is 219 g/mol. The van der Waals surface area contributed by atoms with E-state index < -0.39 is 0 Å². The molecule has 0 unspecified atom stereocenters. The highest BCUT2D eigenvalue weighted by Crippen LogP contribution is 2.09. The molecule has 1 aromatic heterocycles. The second-order valence-electron chi connectivity index (χ2n) is 3.48. The van der Waals surface area contributed by atoms with Crippen LogP contribution >= 0.6 is 0 Å². The zero-order chi connectivity index (χ0) is 10.8. The number of aliphatic imine (C=N–C) groups is 2. The second kappa shape index (κ2) is 3.92. The second-order valence-corrected chi connectivity index (χ2v) is 3.48. The molecule has 2 aliphatic rings. The monoisotopic (exact) mass is 219 g/mol. The average Bonchev–Trinajstić information content (AvgIpc) is 3.03. The first-order valence-corrected chi connectivity index (χ1v) is 5.26. The van der Waals surface area contributed by atoms with Gasteiger partial charge in [0, 0.05) is 0 Å². The molecule has 5 heteroatoms. The summed E-state index contributed by atoms with van der Waals surface area (Å²) in [7, 11) is 0. The third-order valence-electron chi connectivity index (χ3n) is 2.36. The minimum atomic E-state index is 0.612. The molecule has 0 atom stereocenters. The molecule has 3 rings (SSSR count). The number of pyridine rings is 1. The van der Waals surface area contributed by atoms with Gasteiger partial charge in [0.05, 0.1) is 13.1 Å². The van der Waals surface area contributed by atoms with E-state index in [4.69, 9.17) is 9.47 Å². The van der Waals surface area contributed by atoms with Gasteiger partial charge < -0.3 is 9.47 Å². The van der Waals surface area contributed by atoms with Gasteiger partial charge in [0.25, 0.3) is 0 Å². The molecule has 3 heterocycles. The zero-order valence-corrected chi connectivity index (χ0v) is 8.72. The molecule has 0 N–H and O–H groups in total. The van der Waals surface area contributed by atoms with Gasteiger partial charge >= 0.3 is 0 Å². The van der Waals surface area contributed by atoms with Gasteiger partial charge in [-0.3, -0.25) is 0 Å². The first-order valence-electron chi connectivity index (χ1n) is 5.26. The predicted molar refractivity (Wildman–Crippen MR) is 58.9 cm³/mol. The summed E-state index contributed by atoms with van der Waals surface area (Å²) in [6, 6.07) is 5.67. The van der Waals surface area contributed by atoms with Crippen LogP contribution in [0.25, 0.3) is 0 Å². The van der Waals surface area contributed by atoms with Crippen molar-refractivity contribution in [3.63, 3.8) is 0 Å². The van der Waals surface area contributed by atoms with Crippen molar-refractivity contribution in [1.29, 1.82) is 0 Å². The highest BCUT2D eigenvalue weighted by Gasteiger charge is 2.16. The van der Waals surface area contributed by atoms with E-state index in [0.29, 0.717) is 38.1 Å². The largest absolute Gasteiger partial charge is 0.474 e. The number of ether oxygens (including phenoxy) is 2. The molecule has 82 valence electrons. The van der Waals surface area contributed by atoms with Crippen molar-refractivity contribution in [3.8, 4) is 0 Å². The first kappa shape index (κ1) is 9.33. The Morgan fingerprint density at radius 3 is 1.88 bits per heavy atom. The van der Waals surface area contributed by atoms with E-state index in [0.717, 1.165) is 11.4 Å². The molecule has 16 heavy (non-hydrogen) atoms. The fourth-order valence-electron chi connectivity index (χ4n) is 1.65. The topological polar surface area (TPSA) is 56.1 Å². The Bertz CT molecular complexity index is 429. The third kappa shape index (κ3) is 1.64. The predicted octanol–water partition coefficient (Wildman–Crippen LogP) is 0.635. The molecule has 0 saturated carbocycles. The third-order valence-corrected chi connectivity index (χ3v) is 2.36. The maximum absolute atomic E-state index is 5.36. The number of aromatic nitrogens is 1. The Hall–Kier alpha value is -1.91. The minimum absolute atomic E-state index is 0.612. The summed E-state index contributed by atoms with van der Waals surface area (Å²) >= 11 is 0. The molecule has 0 aromatic carbocycles. The summed E-state index contributed by atoms with van der Waals surface area (Å²) < 4.78 is 10.7. The van der Waals surface area contributed by atoms with Crippen LogP contribution < -0.4 is 0 Å². The SMILES string of the molecule is c1cc(C2=[15N]CCO2)nc(C2=[15N]CCO2)c1. The van der Waals surface area contributed by atoms with E-state index in [1.54, 1.807) is 0 Å². The number of hydrogen-bond acceptors (Lipinski definition) is 5. The lowest BCUT2D eigenvalue weighted by atomic mass is 10.3. The molecule has 5 nitrogen and oxygen atoms in total. The van der Waals surface area contributed by atoms with Crippen molar-refractivity contribution in [3.05, 3.63) is 29.6 Å². The molecule has 0 bridgehead atoms. The Kier molecular flexibility index (Phi) is 2.29. The van der Waals surface area contributed by atoms with Crippen molar-refractivity contribution in [2.45, 2.75) is 0 Å². The molecule has 0 amide bonds. The highest BCUT2D eigenvalue weighted by molar-refractivity contribution is 5.96. The van der Waals surface area contributed by atoms with Crippen LogP contribution in [0.3, 0.4) is 0 Å². The maximum Gasteiger partial charge on any atom is 0.235 e. The van der Waals surface area contributed by atoms with Crippen molar-refractivity contribution in [2.24, 2.45) is 9.98 Å². The Labute approximate surface area is 92.8 Å². The van der Waals surface area contributed by atoms with E-state index in [2.05, 4.69) is 15.0 Å². The van der Waals surface area contributed by atoms with Gasteiger partial charge in [0.15, 0.2) is 0 Å². The zero-order valence-electron chi connectivity index (χ0n) is 8.72. The molecule has 1 aromatic rings. The van der Waals surface area contributed by atoms with Crippen LogP contribution in [0.15, 0.2) is 28.2 Å². The molecular formula is C11H11N3O2. The standard InChI is InChI=1S/C11H11N3O2/c1-2-8(10-12-4-6-15-10)14-9(3-1)11-13-5-7-16-11/h1-3H,4-7H2/i12+1,13+1. The van der Waals surface area contributed by atoms with Crippen LogP contribution in [0.4, 0.5) is 0 Å². The molecule has 0 fully saturated rings. The Morgan fingerprint density at radius 2 is 1.44 bits per heavy atom. The van der Waals surface area contributed by atoms with Gasteiger partial charge in [0.2, 0.25) is 11.8 Å². The Morgan fingerprint density at radius 1 is 0.875 bits per heavy atom. The summed E-state index contributed by atoms with van der Waals surface area (Å²) in [5, 5.41) is 0. The molecule has 0 aliphatic carbocycles. The fourth-order valence-corrected chi connectivity index (χ4v) is 1.65. The van der Waals surface area contributed by atoms with Gasteiger partial charge in [-0.25, -0.2) is 15.0 Å². The summed E-state index contributed by atoms with van der Waals surface area (Å²) in [4.78, 5) is 12.9. The number of hydrogen-bond donors (Lipinski definition) is 0. The van der Waals surface area contributed by atoms with E-state index in [-0.39, 0.29) is 0 Å². The maximum atomic E-state index is 5.36. The summed E-state index contributed by atoms with van der Waals surface area (Å²) in [6.45, 7) is 2.69. The van der Waals surface area contributed by atoms with E-state index in [1.165, 1.54) is 0 Å². The van der Waals surface area contributed by atoms with E-state index in [1.807, 2.05) is 18.2 Å². The highest BCUT2D eigenvalue weighted by atomic mass is 16.5. The number of rotatable bonds is 2. The lowest BCUT2D eigenvalue weighted by Gasteiger charge is -2.04. The molecule has 0 radical (unpaired) electrons. The minimum Gasteiger partial charge on any atom is -0.474 e. The van der Waals surface area contributed by atoms with Crippen LogP contribution in [0.1, 0.15) is 11.4 Å². The summed E-state index contributed by atoms with van der Waals surface area (Å²) in [6.07, 6.45) is 0. The van der Waals surface area contributed by atoms with Crippen LogP contribution in [-0.2, 0) is 9.47 Å². The summed E-state index contributed by atoms with van der Waals surface area (Å²) in [5.74, 6) is 1.22. The van der Waals surface area contributed by atoms with E-state index >= 15 is 0 Å². The van der Waals surface area contributed by atoms with Crippen LogP contribution in [0.2, 0.25) is 0 Å². The lowest BCUT2D eigenvalue weighted by molar-refractivity contribution is 0.345. The smallest absolute Gasteiger partial charge is 0.235 e. The molecule has 0 spiro atoms. The summed E-state index contributed by atoms with van der Waals surface area (Å²) in [5.41, 5.74) is 1.49. The lowest BCUT2D eigenvalue weighted by Crippen LogP contribution is -2.09. The van der Waals surface area contributed by atoms with E-state index in [9.17, 15) is 0 Å². The quantitative estimate of drug-likeness (QED) is 0.686. The normalized spacial score (nSPS) is 18.8. The van der Waals surface area contributed by atoms with Crippen molar-refractivity contribution in [2.75, 3.05) is 26.3 Å². The fraction of sp³-hybridized carbons (Fsp3) is 0.364. The van der Waals surface area contributed by atoms with Crippen molar-refractivity contribution < 1.29 is 9.47 Å². The van der Waals surface area contributed by atoms with Crippen LogP contribution in [0, 0.1) is 0 Å². The molecule has 0 saturated heterocycles. The van der Waals surface area contributed by atoms with Crippen LogP contribution in [-0.4, -0.2) is 43.1 Å². The van der Waals surface area contributed by atoms with Gasteiger partial charge in [-0.1, -0.05) is 6.07 Å². The van der Waals surface area contributed by atoms with Crippen molar-refractivity contribution >= 4 is 11.8 Å².